The number of cyclic esters (lactones) is 1. The molecular weight excluding hydrogens is 172 g/mol. The van der Waals surface area contributed by atoms with Gasteiger partial charge in [0.2, 0.25) is 0 Å². The van der Waals surface area contributed by atoms with Gasteiger partial charge in [-0.2, -0.15) is 0 Å². The molecule has 1 aliphatic heterocycles. The molecule has 1 aromatic carbocycles. The van der Waals surface area contributed by atoms with E-state index in [2.05, 4.69) is 0 Å². The Balaban J connectivity index is 2.16. The van der Waals surface area contributed by atoms with Crippen LogP contribution in [-0.4, -0.2) is 11.7 Å². The van der Waals surface area contributed by atoms with Crippen molar-refractivity contribution in [2.75, 3.05) is 5.75 Å². The molecule has 1 aliphatic rings. The fourth-order valence-corrected chi connectivity index (χ4v) is 1.99. The summed E-state index contributed by atoms with van der Waals surface area (Å²) in [5.41, 5.74) is 0.979. The number of carbonyl (C=O) groups is 1. The van der Waals surface area contributed by atoms with Crippen LogP contribution in [-0.2, 0) is 9.53 Å². The number of esters is 1. The minimum atomic E-state index is -0.117. The van der Waals surface area contributed by atoms with Crippen LogP contribution in [0.5, 0.6) is 0 Å². The van der Waals surface area contributed by atoms with Crippen molar-refractivity contribution in [2.24, 2.45) is 0 Å². The van der Waals surface area contributed by atoms with E-state index in [0.717, 1.165) is 5.56 Å². The lowest BCUT2D eigenvalue weighted by Gasteiger charge is -2.06. The first-order chi connectivity index (χ1) is 5.86. The van der Waals surface area contributed by atoms with Crippen molar-refractivity contribution in [1.82, 2.24) is 0 Å². The van der Waals surface area contributed by atoms with Gasteiger partial charge in [-0.05, 0) is 0 Å². The van der Waals surface area contributed by atoms with Crippen molar-refractivity contribution in [3.8, 4) is 0 Å². The van der Waals surface area contributed by atoms with Crippen LogP contribution in [0.15, 0.2) is 30.3 Å². The largest absolute Gasteiger partial charge is 0.446 e. The van der Waals surface area contributed by atoms with Gasteiger partial charge >= 0.3 is 5.97 Å². The van der Waals surface area contributed by atoms with Crippen LogP contribution in [0.1, 0.15) is 11.0 Å². The molecule has 12 heavy (non-hydrogen) atoms. The molecule has 62 valence electrons. The molecule has 2 nitrogen and oxygen atoms in total. The highest BCUT2D eigenvalue weighted by Crippen LogP contribution is 2.35. The van der Waals surface area contributed by atoms with Gasteiger partial charge in [0, 0.05) is 5.56 Å². The van der Waals surface area contributed by atoms with Crippen LogP contribution >= 0.6 is 11.8 Å². The third-order valence-corrected chi connectivity index (χ3v) is 2.74. The summed E-state index contributed by atoms with van der Waals surface area (Å²) in [4.78, 5) is 10.8. The maximum absolute atomic E-state index is 10.8. The number of ether oxygens (including phenoxy) is 1. The average Bonchev–Trinajstić information content (AvgIpc) is 2.54. The zero-order chi connectivity index (χ0) is 8.39. The lowest BCUT2D eigenvalue weighted by atomic mass is 10.2. The zero-order valence-corrected chi connectivity index (χ0v) is 7.21. The lowest BCUT2D eigenvalue weighted by Crippen LogP contribution is -1.98. The van der Waals surface area contributed by atoms with Gasteiger partial charge in [0.1, 0.15) is 0 Å². The highest BCUT2D eigenvalue weighted by atomic mass is 32.2. The Morgan fingerprint density at radius 2 is 2.08 bits per heavy atom. The molecule has 1 unspecified atom stereocenters. The lowest BCUT2D eigenvalue weighted by molar-refractivity contribution is -0.140. The molecule has 0 bridgehead atoms. The highest BCUT2D eigenvalue weighted by molar-refractivity contribution is 8.00. The molecule has 1 aromatic rings. The molecule has 0 aliphatic carbocycles. The van der Waals surface area contributed by atoms with E-state index in [0.29, 0.717) is 5.75 Å². The fourth-order valence-electron chi connectivity index (χ4n) is 1.11. The van der Waals surface area contributed by atoms with Crippen molar-refractivity contribution in [2.45, 2.75) is 5.44 Å². The number of thioether (sulfide) groups is 1. The van der Waals surface area contributed by atoms with Crippen molar-refractivity contribution >= 4 is 17.7 Å². The van der Waals surface area contributed by atoms with Crippen LogP contribution < -0.4 is 0 Å². The van der Waals surface area contributed by atoms with Gasteiger partial charge < -0.3 is 4.74 Å². The van der Waals surface area contributed by atoms with E-state index in [9.17, 15) is 4.79 Å². The van der Waals surface area contributed by atoms with Crippen LogP contribution in [0, 0.1) is 0 Å². The normalized spacial score (nSPS) is 22.3. The van der Waals surface area contributed by atoms with E-state index in [1.165, 1.54) is 11.8 Å². The molecule has 0 radical (unpaired) electrons. The second-order valence-electron chi connectivity index (χ2n) is 2.54. The Labute approximate surface area is 74.9 Å². The van der Waals surface area contributed by atoms with Crippen molar-refractivity contribution in [3.05, 3.63) is 35.9 Å². The SMILES string of the molecule is O=C1CSC(c2ccccc2)O1. The molecular formula is C9H8O2S. The summed E-state index contributed by atoms with van der Waals surface area (Å²) in [5.74, 6) is 0.355. The Morgan fingerprint density at radius 1 is 1.33 bits per heavy atom. The van der Waals surface area contributed by atoms with Gasteiger partial charge in [-0.3, -0.25) is 4.79 Å². The van der Waals surface area contributed by atoms with E-state index in [1.54, 1.807) is 0 Å². The molecule has 1 fully saturated rings. The molecule has 3 heteroatoms. The number of hydrogen-bond donors (Lipinski definition) is 0. The second-order valence-corrected chi connectivity index (χ2v) is 3.59. The minimum Gasteiger partial charge on any atom is -0.446 e. The van der Waals surface area contributed by atoms with Gasteiger partial charge in [0.05, 0.1) is 5.75 Å². The third kappa shape index (κ3) is 1.46. The summed E-state index contributed by atoms with van der Waals surface area (Å²) in [6, 6.07) is 9.78. The topological polar surface area (TPSA) is 26.3 Å². The summed E-state index contributed by atoms with van der Waals surface area (Å²) >= 11 is 1.53. The molecule has 1 heterocycles. The van der Waals surface area contributed by atoms with Crippen molar-refractivity contribution in [1.29, 1.82) is 0 Å². The average molecular weight is 180 g/mol. The number of rotatable bonds is 1. The summed E-state index contributed by atoms with van der Waals surface area (Å²) in [7, 11) is 0. The molecule has 0 amide bonds. The number of benzene rings is 1. The smallest absolute Gasteiger partial charge is 0.317 e. The first-order valence-corrected chi connectivity index (χ1v) is 4.77. The maximum atomic E-state index is 10.8. The molecule has 0 spiro atoms. The van der Waals surface area contributed by atoms with E-state index in [-0.39, 0.29) is 11.4 Å². The quantitative estimate of drug-likeness (QED) is 0.618. The molecule has 1 atom stereocenters. The van der Waals surface area contributed by atoms with E-state index in [4.69, 9.17) is 4.74 Å². The first-order valence-electron chi connectivity index (χ1n) is 3.72. The predicted octanol–water partition coefficient (Wildman–Crippen LogP) is 1.98. The predicted molar refractivity (Wildman–Crippen MR) is 47.7 cm³/mol. The summed E-state index contributed by atoms with van der Waals surface area (Å²) < 4.78 is 5.07. The second kappa shape index (κ2) is 3.19. The van der Waals surface area contributed by atoms with Gasteiger partial charge in [0.15, 0.2) is 5.44 Å². The number of carbonyl (C=O) groups excluding carboxylic acids is 1. The molecule has 2 rings (SSSR count). The van der Waals surface area contributed by atoms with Gasteiger partial charge in [-0.25, -0.2) is 0 Å². The molecule has 0 aromatic heterocycles. The summed E-state index contributed by atoms with van der Waals surface area (Å²) in [5, 5.41) is 0. The maximum Gasteiger partial charge on any atom is 0.317 e. The Hall–Kier alpha value is -0.960. The van der Waals surface area contributed by atoms with Gasteiger partial charge in [-0.1, -0.05) is 30.3 Å². The van der Waals surface area contributed by atoms with Crippen LogP contribution in [0.2, 0.25) is 0 Å². The van der Waals surface area contributed by atoms with Crippen molar-refractivity contribution < 1.29 is 9.53 Å². The van der Waals surface area contributed by atoms with Crippen LogP contribution in [0.25, 0.3) is 0 Å². The van der Waals surface area contributed by atoms with E-state index >= 15 is 0 Å². The Morgan fingerprint density at radius 3 is 2.67 bits per heavy atom. The zero-order valence-electron chi connectivity index (χ0n) is 6.40. The molecule has 0 N–H and O–H groups in total. The molecule has 0 saturated carbocycles. The highest BCUT2D eigenvalue weighted by Gasteiger charge is 2.24. The number of hydrogen-bond acceptors (Lipinski definition) is 3. The monoisotopic (exact) mass is 180 g/mol. The van der Waals surface area contributed by atoms with Crippen LogP contribution in [0.4, 0.5) is 0 Å². The van der Waals surface area contributed by atoms with Gasteiger partial charge in [0.25, 0.3) is 0 Å². The van der Waals surface area contributed by atoms with E-state index < -0.39 is 0 Å². The Bertz CT molecular complexity index is 284. The van der Waals surface area contributed by atoms with Crippen molar-refractivity contribution in [3.63, 3.8) is 0 Å². The van der Waals surface area contributed by atoms with Gasteiger partial charge in [-0.15, -0.1) is 11.8 Å². The third-order valence-electron chi connectivity index (χ3n) is 1.66. The summed E-state index contributed by atoms with van der Waals surface area (Å²) in [6.07, 6.45) is 0. The van der Waals surface area contributed by atoms with Crippen LogP contribution in [0.3, 0.4) is 0 Å². The minimum absolute atomic E-state index is 0.0845. The summed E-state index contributed by atoms with van der Waals surface area (Å²) in [6.45, 7) is 0. The van der Waals surface area contributed by atoms with E-state index in [1.807, 2.05) is 30.3 Å². The first kappa shape index (κ1) is 7.68. The standard InChI is InChI=1S/C9H8O2S/c10-8-6-12-9(11-8)7-4-2-1-3-5-7/h1-5,9H,6H2. The fraction of sp³-hybridized carbons (Fsp3) is 0.222. The molecule has 1 saturated heterocycles. The Kier molecular flexibility index (Phi) is 2.04.